The maximum atomic E-state index is 12.7. The summed E-state index contributed by atoms with van der Waals surface area (Å²) in [6.07, 6.45) is -4.58. The van der Waals surface area contributed by atoms with E-state index in [1.165, 1.54) is 23.1 Å². The quantitative estimate of drug-likeness (QED) is 0.569. The van der Waals surface area contributed by atoms with Gasteiger partial charge in [0.05, 0.1) is 24.1 Å². The lowest BCUT2D eigenvalue weighted by Crippen LogP contribution is -2.36. The van der Waals surface area contributed by atoms with E-state index >= 15 is 0 Å². The summed E-state index contributed by atoms with van der Waals surface area (Å²) in [4.78, 5) is 35.6. The van der Waals surface area contributed by atoms with Gasteiger partial charge in [-0.05, 0) is 44.3 Å². The highest BCUT2D eigenvalue weighted by atomic mass is 19.4. The lowest BCUT2D eigenvalue weighted by molar-refractivity contribution is -0.144. The number of pyridine rings is 1. The molecule has 158 valence electrons. The van der Waals surface area contributed by atoms with Gasteiger partial charge in [-0.1, -0.05) is 6.07 Å². The Morgan fingerprint density at radius 2 is 1.77 bits per heavy atom. The van der Waals surface area contributed by atoms with Crippen LogP contribution in [0.1, 0.15) is 11.5 Å². The van der Waals surface area contributed by atoms with Crippen molar-refractivity contribution in [2.24, 2.45) is 0 Å². The van der Waals surface area contributed by atoms with E-state index in [2.05, 4.69) is 25.6 Å². The van der Waals surface area contributed by atoms with E-state index < -0.39 is 17.9 Å². The van der Waals surface area contributed by atoms with Gasteiger partial charge < -0.3 is 15.6 Å². The SMILES string of the molecule is Cc1cccc(NC(=O)CN(C)CC(=O)Nc2ccc3nc(C(F)(F)F)[nH]c3c2)n1. The molecular weight excluding hydrogens is 401 g/mol. The number of halogens is 3. The molecule has 30 heavy (non-hydrogen) atoms. The first-order valence-electron chi connectivity index (χ1n) is 8.89. The van der Waals surface area contributed by atoms with Gasteiger partial charge in [0, 0.05) is 11.4 Å². The summed E-state index contributed by atoms with van der Waals surface area (Å²) in [7, 11) is 1.59. The third-order valence-corrected chi connectivity index (χ3v) is 4.02. The molecule has 0 fully saturated rings. The second kappa shape index (κ2) is 8.49. The number of aryl methyl sites for hydroxylation is 1. The molecule has 0 atom stereocenters. The van der Waals surface area contributed by atoms with Crippen molar-refractivity contribution in [1.29, 1.82) is 0 Å². The number of hydrogen-bond acceptors (Lipinski definition) is 5. The number of hydrogen-bond donors (Lipinski definition) is 3. The summed E-state index contributed by atoms with van der Waals surface area (Å²) in [6.45, 7) is 1.66. The lowest BCUT2D eigenvalue weighted by atomic mass is 10.2. The number of rotatable bonds is 6. The summed E-state index contributed by atoms with van der Waals surface area (Å²) in [5, 5.41) is 5.23. The minimum Gasteiger partial charge on any atom is -0.334 e. The molecule has 11 heteroatoms. The Morgan fingerprint density at radius 1 is 1.07 bits per heavy atom. The van der Waals surface area contributed by atoms with Crippen molar-refractivity contribution in [3.8, 4) is 0 Å². The Morgan fingerprint density at radius 3 is 2.43 bits per heavy atom. The van der Waals surface area contributed by atoms with Gasteiger partial charge in [0.15, 0.2) is 0 Å². The van der Waals surface area contributed by atoms with Crippen molar-refractivity contribution in [3.63, 3.8) is 0 Å². The Hall–Kier alpha value is -3.47. The van der Waals surface area contributed by atoms with Crippen LogP contribution in [-0.4, -0.2) is 51.8 Å². The number of aromatic nitrogens is 3. The molecule has 2 amide bonds. The first-order chi connectivity index (χ1) is 14.1. The molecule has 8 nitrogen and oxygen atoms in total. The van der Waals surface area contributed by atoms with Gasteiger partial charge in [-0.2, -0.15) is 13.2 Å². The minimum atomic E-state index is -4.58. The van der Waals surface area contributed by atoms with Crippen molar-refractivity contribution in [1.82, 2.24) is 19.9 Å². The fourth-order valence-corrected chi connectivity index (χ4v) is 2.76. The normalized spacial score (nSPS) is 11.7. The number of H-pyrrole nitrogens is 1. The van der Waals surface area contributed by atoms with Crippen molar-refractivity contribution < 1.29 is 22.8 Å². The maximum Gasteiger partial charge on any atom is 0.449 e. The van der Waals surface area contributed by atoms with Crippen LogP contribution in [0.3, 0.4) is 0 Å². The van der Waals surface area contributed by atoms with Crippen molar-refractivity contribution >= 4 is 34.4 Å². The molecule has 0 aliphatic carbocycles. The molecule has 2 heterocycles. The van der Waals surface area contributed by atoms with Gasteiger partial charge in [0.25, 0.3) is 0 Å². The van der Waals surface area contributed by atoms with Crippen LogP contribution in [0.4, 0.5) is 24.7 Å². The van der Waals surface area contributed by atoms with Gasteiger partial charge in [0.1, 0.15) is 5.82 Å². The summed E-state index contributed by atoms with van der Waals surface area (Å²) in [6, 6.07) is 9.43. The number of imidazole rings is 1. The monoisotopic (exact) mass is 420 g/mol. The zero-order valence-electron chi connectivity index (χ0n) is 16.2. The molecule has 0 saturated heterocycles. The predicted octanol–water partition coefficient (Wildman–Crippen LogP) is 2.79. The van der Waals surface area contributed by atoms with E-state index in [4.69, 9.17) is 0 Å². The van der Waals surface area contributed by atoms with Crippen LogP contribution in [0.15, 0.2) is 36.4 Å². The highest BCUT2D eigenvalue weighted by Crippen LogP contribution is 2.29. The van der Waals surface area contributed by atoms with Crippen LogP contribution < -0.4 is 10.6 Å². The minimum absolute atomic E-state index is 0.0441. The Balaban J connectivity index is 1.54. The highest BCUT2D eigenvalue weighted by molar-refractivity contribution is 5.95. The van der Waals surface area contributed by atoms with Crippen LogP contribution in [0, 0.1) is 6.92 Å². The lowest BCUT2D eigenvalue weighted by Gasteiger charge is -2.16. The average Bonchev–Trinajstić information content (AvgIpc) is 3.05. The molecule has 0 unspecified atom stereocenters. The Kier molecular flexibility index (Phi) is 6.01. The van der Waals surface area contributed by atoms with Crippen LogP contribution in [0.2, 0.25) is 0 Å². The number of carbonyl (C=O) groups is 2. The van der Waals surface area contributed by atoms with Crippen molar-refractivity contribution in [3.05, 3.63) is 47.9 Å². The number of alkyl halides is 3. The number of nitrogens with one attached hydrogen (secondary N) is 3. The van der Waals surface area contributed by atoms with Crippen molar-refractivity contribution in [2.75, 3.05) is 30.8 Å². The number of aromatic amines is 1. The summed E-state index contributed by atoms with van der Waals surface area (Å²) < 4.78 is 38.2. The van der Waals surface area contributed by atoms with Crippen LogP contribution in [0.25, 0.3) is 11.0 Å². The van der Waals surface area contributed by atoms with Gasteiger partial charge >= 0.3 is 6.18 Å². The Labute approximate surface area is 169 Å². The van der Waals surface area contributed by atoms with E-state index in [0.29, 0.717) is 11.5 Å². The Bertz CT molecular complexity index is 1080. The number of nitrogens with zero attached hydrogens (tertiary/aromatic N) is 3. The second-order valence-electron chi connectivity index (χ2n) is 6.75. The summed E-state index contributed by atoms with van der Waals surface area (Å²) >= 11 is 0. The topological polar surface area (TPSA) is 103 Å². The van der Waals surface area contributed by atoms with Gasteiger partial charge in [-0.3, -0.25) is 14.5 Å². The van der Waals surface area contributed by atoms with Gasteiger partial charge in [0.2, 0.25) is 17.6 Å². The summed E-state index contributed by atoms with van der Waals surface area (Å²) in [5.74, 6) is -1.44. The molecular formula is C19H19F3N6O2. The van der Waals surface area contributed by atoms with Gasteiger partial charge in [-0.15, -0.1) is 0 Å². The predicted molar refractivity (Wildman–Crippen MR) is 105 cm³/mol. The number of carbonyl (C=O) groups excluding carboxylic acids is 2. The number of benzene rings is 1. The fourth-order valence-electron chi connectivity index (χ4n) is 2.76. The third-order valence-electron chi connectivity index (χ3n) is 4.02. The maximum absolute atomic E-state index is 12.7. The smallest absolute Gasteiger partial charge is 0.334 e. The number of likely N-dealkylation sites (N-methyl/N-ethyl adjacent to an activating group) is 1. The van der Waals surface area contributed by atoms with E-state index in [9.17, 15) is 22.8 Å². The van der Waals surface area contributed by atoms with Gasteiger partial charge in [-0.25, -0.2) is 9.97 Å². The zero-order valence-corrected chi connectivity index (χ0v) is 16.2. The molecule has 3 N–H and O–H groups in total. The van der Waals surface area contributed by atoms with Crippen LogP contribution >= 0.6 is 0 Å². The highest BCUT2D eigenvalue weighted by Gasteiger charge is 2.34. The van der Waals surface area contributed by atoms with E-state index in [-0.39, 0.29) is 30.0 Å². The molecule has 0 spiro atoms. The van der Waals surface area contributed by atoms with Crippen LogP contribution in [0.5, 0.6) is 0 Å². The number of anilines is 2. The molecule has 3 rings (SSSR count). The second-order valence-corrected chi connectivity index (χ2v) is 6.75. The van der Waals surface area contributed by atoms with E-state index in [1.54, 1.807) is 32.2 Å². The fraction of sp³-hybridized carbons (Fsp3) is 0.263. The largest absolute Gasteiger partial charge is 0.449 e. The van der Waals surface area contributed by atoms with Crippen molar-refractivity contribution in [2.45, 2.75) is 13.1 Å². The third kappa shape index (κ3) is 5.54. The molecule has 3 aromatic rings. The molecule has 0 saturated carbocycles. The molecule has 0 aliphatic rings. The molecule has 0 bridgehead atoms. The van der Waals surface area contributed by atoms with Crippen LogP contribution in [-0.2, 0) is 15.8 Å². The molecule has 1 aromatic carbocycles. The first kappa shape index (κ1) is 21.2. The van der Waals surface area contributed by atoms with E-state index in [1.807, 2.05) is 0 Å². The van der Waals surface area contributed by atoms with E-state index in [0.717, 1.165) is 5.69 Å². The first-order valence-corrected chi connectivity index (χ1v) is 8.89. The average molecular weight is 420 g/mol. The number of fused-ring (bicyclic) bond motifs is 1. The summed E-state index contributed by atoms with van der Waals surface area (Å²) in [5.41, 5.74) is 1.36. The molecule has 0 radical (unpaired) electrons. The standard InChI is InChI=1S/C19H19F3N6O2/c1-11-4-3-5-15(23-11)27-17(30)10-28(2)9-16(29)24-12-6-7-13-14(8-12)26-18(25-13)19(20,21)22/h3-8H,9-10H2,1-2H3,(H,24,29)(H,25,26)(H,23,27,30). The molecule has 2 aromatic heterocycles. The molecule has 0 aliphatic heterocycles. The number of amides is 2. The zero-order chi connectivity index (χ0) is 21.9.